The minimum absolute atomic E-state index is 0.156. The minimum atomic E-state index is -3.52. The van der Waals surface area contributed by atoms with Crippen molar-refractivity contribution in [3.8, 4) is 5.69 Å². The van der Waals surface area contributed by atoms with E-state index >= 15 is 0 Å². The van der Waals surface area contributed by atoms with Crippen molar-refractivity contribution >= 4 is 10.0 Å². The van der Waals surface area contributed by atoms with Gasteiger partial charge in [0.25, 0.3) is 10.0 Å². The zero-order valence-electron chi connectivity index (χ0n) is 11.2. The van der Waals surface area contributed by atoms with Crippen molar-refractivity contribution in [2.75, 3.05) is 6.54 Å². The molecule has 1 N–H and O–H groups in total. The molecule has 0 aliphatic carbocycles. The van der Waals surface area contributed by atoms with Crippen LogP contribution in [0.4, 0.5) is 0 Å². The molecular weight excluding hydrogens is 262 g/mol. The summed E-state index contributed by atoms with van der Waals surface area (Å²) in [5.74, 6) is 0. The number of sulfonamides is 1. The van der Waals surface area contributed by atoms with Crippen LogP contribution >= 0.6 is 0 Å². The summed E-state index contributed by atoms with van der Waals surface area (Å²) in [5, 5.41) is 4.29. The SMILES string of the molecule is CCNS(=O)(=O)c1ccnn1-c1cc(C)ccc1C. The molecule has 1 heterocycles. The van der Waals surface area contributed by atoms with Crippen molar-refractivity contribution in [3.05, 3.63) is 41.6 Å². The van der Waals surface area contributed by atoms with Crippen molar-refractivity contribution in [1.82, 2.24) is 14.5 Å². The highest BCUT2D eigenvalue weighted by Crippen LogP contribution is 2.19. The van der Waals surface area contributed by atoms with E-state index in [0.29, 0.717) is 6.54 Å². The largest absolute Gasteiger partial charge is 0.258 e. The fraction of sp³-hybridized carbons (Fsp3) is 0.308. The lowest BCUT2D eigenvalue weighted by Gasteiger charge is -2.11. The third-order valence-electron chi connectivity index (χ3n) is 2.81. The second-order valence-corrected chi connectivity index (χ2v) is 6.09. The number of aromatic nitrogens is 2. The molecule has 0 radical (unpaired) electrons. The molecule has 0 aliphatic heterocycles. The lowest BCUT2D eigenvalue weighted by atomic mass is 10.1. The van der Waals surface area contributed by atoms with Crippen LogP contribution in [-0.4, -0.2) is 24.7 Å². The molecule has 1 aromatic heterocycles. The van der Waals surface area contributed by atoms with Crippen molar-refractivity contribution in [2.45, 2.75) is 25.8 Å². The van der Waals surface area contributed by atoms with Gasteiger partial charge in [0, 0.05) is 6.54 Å². The van der Waals surface area contributed by atoms with Crippen LogP contribution < -0.4 is 4.72 Å². The van der Waals surface area contributed by atoms with Crippen LogP contribution in [0.15, 0.2) is 35.5 Å². The quantitative estimate of drug-likeness (QED) is 0.928. The molecule has 0 amide bonds. The first-order chi connectivity index (χ1) is 8.95. The molecule has 2 rings (SSSR count). The van der Waals surface area contributed by atoms with Gasteiger partial charge in [-0.25, -0.2) is 17.8 Å². The fourth-order valence-electron chi connectivity index (χ4n) is 1.89. The van der Waals surface area contributed by atoms with Gasteiger partial charge in [-0.1, -0.05) is 19.1 Å². The van der Waals surface area contributed by atoms with Gasteiger partial charge >= 0.3 is 0 Å². The Morgan fingerprint density at radius 3 is 2.68 bits per heavy atom. The molecule has 19 heavy (non-hydrogen) atoms. The predicted octanol–water partition coefficient (Wildman–Crippen LogP) is 1.79. The number of rotatable bonds is 4. The van der Waals surface area contributed by atoms with E-state index in [9.17, 15) is 8.42 Å². The summed E-state index contributed by atoms with van der Waals surface area (Å²) in [6, 6.07) is 7.36. The van der Waals surface area contributed by atoms with E-state index in [4.69, 9.17) is 0 Å². The van der Waals surface area contributed by atoms with Gasteiger partial charge in [-0.2, -0.15) is 5.10 Å². The first-order valence-electron chi connectivity index (χ1n) is 6.07. The summed E-state index contributed by atoms with van der Waals surface area (Å²) < 4.78 is 28.2. The monoisotopic (exact) mass is 279 g/mol. The van der Waals surface area contributed by atoms with E-state index < -0.39 is 10.0 Å². The normalized spacial score (nSPS) is 11.7. The van der Waals surface area contributed by atoms with Crippen LogP contribution in [0.2, 0.25) is 0 Å². The average Bonchev–Trinajstić information content (AvgIpc) is 2.82. The molecule has 0 spiro atoms. The smallest absolute Gasteiger partial charge is 0.220 e. The minimum Gasteiger partial charge on any atom is -0.220 e. The molecule has 5 nitrogen and oxygen atoms in total. The zero-order chi connectivity index (χ0) is 14.0. The van der Waals surface area contributed by atoms with Crippen LogP contribution in [0.1, 0.15) is 18.1 Å². The number of hydrogen-bond acceptors (Lipinski definition) is 3. The van der Waals surface area contributed by atoms with E-state index in [2.05, 4.69) is 9.82 Å². The Kier molecular flexibility index (Phi) is 3.73. The molecule has 0 aliphatic rings. The number of benzene rings is 1. The van der Waals surface area contributed by atoms with E-state index in [1.165, 1.54) is 16.9 Å². The molecule has 0 bridgehead atoms. The van der Waals surface area contributed by atoms with E-state index in [1.807, 2.05) is 32.0 Å². The molecular formula is C13H17N3O2S. The van der Waals surface area contributed by atoms with Crippen LogP contribution in [0, 0.1) is 13.8 Å². The third kappa shape index (κ3) is 2.69. The fourth-order valence-corrected chi connectivity index (χ4v) is 3.03. The first kappa shape index (κ1) is 13.8. The van der Waals surface area contributed by atoms with Gasteiger partial charge in [0.05, 0.1) is 11.9 Å². The second-order valence-electron chi connectivity index (χ2n) is 4.37. The van der Waals surface area contributed by atoms with Gasteiger partial charge in [0.2, 0.25) is 0 Å². The topological polar surface area (TPSA) is 64.0 Å². The molecule has 0 fully saturated rings. The number of nitrogens with one attached hydrogen (secondary N) is 1. The summed E-state index contributed by atoms with van der Waals surface area (Å²) in [7, 11) is -3.52. The number of nitrogens with zero attached hydrogens (tertiary/aromatic N) is 2. The highest BCUT2D eigenvalue weighted by Gasteiger charge is 2.20. The van der Waals surface area contributed by atoms with Crippen molar-refractivity contribution < 1.29 is 8.42 Å². The molecule has 0 saturated heterocycles. The van der Waals surface area contributed by atoms with Gasteiger partial charge in [0.1, 0.15) is 0 Å². The Bertz CT molecular complexity index is 690. The highest BCUT2D eigenvalue weighted by molar-refractivity contribution is 7.89. The Balaban J connectivity index is 2.60. The average molecular weight is 279 g/mol. The second kappa shape index (κ2) is 5.14. The van der Waals surface area contributed by atoms with Crippen LogP contribution in [0.3, 0.4) is 0 Å². The van der Waals surface area contributed by atoms with Crippen LogP contribution in [-0.2, 0) is 10.0 Å². The molecule has 0 atom stereocenters. The van der Waals surface area contributed by atoms with Gasteiger partial charge < -0.3 is 0 Å². The van der Waals surface area contributed by atoms with Crippen molar-refractivity contribution in [2.24, 2.45) is 0 Å². The lowest BCUT2D eigenvalue weighted by Crippen LogP contribution is -2.25. The van der Waals surface area contributed by atoms with Gasteiger partial charge in [0.15, 0.2) is 5.03 Å². The van der Waals surface area contributed by atoms with Crippen LogP contribution in [0.25, 0.3) is 5.69 Å². The maximum Gasteiger partial charge on any atom is 0.258 e. The van der Waals surface area contributed by atoms with Gasteiger partial charge in [-0.15, -0.1) is 0 Å². The Morgan fingerprint density at radius 2 is 2.00 bits per heavy atom. The van der Waals surface area contributed by atoms with Gasteiger partial charge in [-0.3, -0.25) is 0 Å². The summed E-state index contributed by atoms with van der Waals surface area (Å²) in [5.41, 5.74) is 2.81. The first-order valence-corrected chi connectivity index (χ1v) is 7.55. The highest BCUT2D eigenvalue weighted by atomic mass is 32.2. The zero-order valence-corrected chi connectivity index (χ0v) is 12.0. The Hall–Kier alpha value is -1.66. The molecule has 2 aromatic rings. The Morgan fingerprint density at radius 1 is 1.26 bits per heavy atom. The predicted molar refractivity (Wildman–Crippen MR) is 73.9 cm³/mol. The van der Waals surface area contributed by atoms with E-state index in [1.54, 1.807) is 6.92 Å². The summed E-state index contributed by atoms with van der Waals surface area (Å²) in [6.45, 7) is 5.99. The standard InChI is InChI=1S/C13H17N3O2S/c1-4-15-19(17,18)13-7-8-14-16(13)12-9-10(2)5-6-11(12)3/h5-9,15H,4H2,1-3H3. The third-order valence-corrected chi connectivity index (χ3v) is 4.34. The summed E-state index contributed by atoms with van der Waals surface area (Å²) in [6.07, 6.45) is 1.49. The maximum absolute atomic E-state index is 12.1. The van der Waals surface area contributed by atoms with Crippen molar-refractivity contribution in [1.29, 1.82) is 0 Å². The number of hydrogen-bond donors (Lipinski definition) is 1. The van der Waals surface area contributed by atoms with Gasteiger partial charge in [-0.05, 0) is 37.1 Å². The summed E-state index contributed by atoms with van der Waals surface area (Å²) in [4.78, 5) is 0. The molecule has 6 heteroatoms. The lowest BCUT2D eigenvalue weighted by molar-refractivity contribution is 0.573. The van der Waals surface area contributed by atoms with E-state index in [0.717, 1.165) is 16.8 Å². The molecule has 1 aromatic carbocycles. The Labute approximate surface area is 113 Å². The van der Waals surface area contributed by atoms with Crippen molar-refractivity contribution in [3.63, 3.8) is 0 Å². The molecule has 0 saturated carbocycles. The molecule has 102 valence electrons. The maximum atomic E-state index is 12.1. The molecule has 0 unspecified atom stereocenters. The number of aryl methyl sites for hydroxylation is 2. The van der Waals surface area contributed by atoms with Crippen LogP contribution in [0.5, 0.6) is 0 Å². The van der Waals surface area contributed by atoms with E-state index in [-0.39, 0.29) is 5.03 Å². The summed E-state index contributed by atoms with van der Waals surface area (Å²) >= 11 is 0.